The lowest BCUT2D eigenvalue weighted by Gasteiger charge is -2.26. The van der Waals surface area contributed by atoms with Gasteiger partial charge in [0.25, 0.3) is 0 Å². The van der Waals surface area contributed by atoms with Crippen LogP contribution in [0.2, 0.25) is 0 Å². The van der Waals surface area contributed by atoms with Crippen molar-refractivity contribution in [3.63, 3.8) is 0 Å². The molecule has 220 valence electrons. The molecule has 2 aliphatic rings. The predicted octanol–water partition coefficient (Wildman–Crippen LogP) is 5.10. The van der Waals surface area contributed by atoms with E-state index in [0.717, 1.165) is 63.0 Å². The Kier molecular flexibility index (Phi) is 9.51. The highest BCUT2D eigenvalue weighted by Gasteiger charge is 2.36. The first-order valence-corrected chi connectivity index (χ1v) is 14.5. The molecule has 41 heavy (non-hydrogen) atoms. The number of aryl methyl sites for hydroxylation is 2. The van der Waals surface area contributed by atoms with Gasteiger partial charge in [-0.05, 0) is 80.3 Å². The smallest absolute Gasteiger partial charge is 0.325 e. The fourth-order valence-electron chi connectivity index (χ4n) is 6.00. The standard InChI is InChI=1S/C31H39FN4O5/c1-20-13-22(35-30-25(20)8-6-10-34-30)7-4-3-5-12-40-23-9-11-36(18-23)28(31(37)38)26-15-21(14-24-17-33-19-41-24)16-27(32)29(26)39-2/h13,15-17,19,23,28H,3-12,14,18H2,1-2H3,(H,34,35)(H,37,38)/t23-,28?/m1/s1. The summed E-state index contributed by atoms with van der Waals surface area (Å²) in [5.74, 6) is -0.0892. The zero-order valence-electron chi connectivity index (χ0n) is 23.8. The van der Waals surface area contributed by atoms with Crippen LogP contribution < -0.4 is 10.1 Å². The number of rotatable bonds is 13. The first kappa shape index (κ1) is 29.0. The summed E-state index contributed by atoms with van der Waals surface area (Å²) in [4.78, 5) is 23.0. The quantitative estimate of drug-likeness (QED) is 0.273. The predicted molar refractivity (Wildman–Crippen MR) is 152 cm³/mol. The first-order valence-electron chi connectivity index (χ1n) is 14.5. The van der Waals surface area contributed by atoms with Crippen LogP contribution in [0.15, 0.2) is 35.2 Å². The third kappa shape index (κ3) is 7.05. The molecule has 5 rings (SSSR count). The number of carbonyl (C=O) groups is 1. The maximum Gasteiger partial charge on any atom is 0.325 e. The van der Waals surface area contributed by atoms with Crippen molar-refractivity contribution < 1.29 is 28.2 Å². The van der Waals surface area contributed by atoms with Crippen molar-refractivity contribution in [1.29, 1.82) is 0 Å². The third-order valence-electron chi connectivity index (χ3n) is 8.00. The van der Waals surface area contributed by atoms with Crippen molar-refractivity contribution in [3.05, 3.63) is 70.3 Å². The van der Waals surface area contributed by atoms with Crippen LogP contribution in [0.1, 0.15) is 71.9 Å². The minimum absolute atomic E-state index is 0.0533. The maximum absolute atomic E-state index is 15.0. The van der Waals surface area contributed by atoms with E-state index in [9.17, 15) is 14.3 Å². The molecule has 2 atom stereocenters. The lowest BCUT2D eigenvalue weighted by Crippen LogP contribution is -2.34. The highest BCUT2D eigenvalue weighted by molar-refractivity contribution is 5.77. The first-order chi connectivity index (χ1) is 19.9. The largest absolute Gasteiger partial charge is 0.493 e. The SMILES string of the molecule is COc1c(F)cc(Cc2cnco2)cc1C(C(=O)O)N1CC[C@@H](OCCCCCc2cc(C)c3c(n2)NCCC3)C1. The summed E-state index contributed by atoms with van der Waals surface area (Å²) in [5, 5.41) is 13.6. The number of aromatic nitrogens is 2. The molecule has 4 heterocycles. The third-order valence-corrected chi connectivity index (χ3v) is 8.00. The molecule has 10 heteroatoms. The van der Waals surface area contributed by atoms with Crippen LogP contribution in [0.3, 0.4) is 0 Å². The van der Waals surface area contributed by atoms with Crippen molar-refractivity contribution in [1.82, 2.24) is 14.9 Å². The Morgan fingerprint density at radius 1 is 1.29 bits per heavy atom. The lowest BCUT2D eigenvalue weighted by molar-refractivity contribution is -0.143. The molecule has 0 amide bonds. The lowest BCUT2D eigenvalue weighted by atomic mass is 9.99. The van der Waals surface area contributed by atoms with E-state index in [1.165, 1.54) is 30.7 Å². The van der Waals surface area contributed by atoms with Gasteiger partial charge < -0.3 is 24.3 Å². The average molecular weight is 567 g/mol. The minimum Gasteiger partial charge on any atom is -0.493 e. The summed E-state index contributed by atoms with van der Waals surface area (Å²) in [7, 11) is 1.35. The van der Waals surface area contributed by atoms with Gasteiger partial charge in [-0.25, -0.2) is 14.4 Å². The molecule has 9 nitrogen and oxygen atoms in total. The zero-order valence-corrected chi connectivity index (χ0v) is 23.8. The number of pyridine rings is 1. The second-order valence-electron chi connectivity index (χ2n) is 11.0. The molecule has 1 fully saturated rings. The molecule has 0 saturated carbocycles. The summed E-state index contributed by atoms with van der Waals surface area (Å²) in [6, 6.07) is 4.20. The maximum atomic E-state index is 15.0. The van der Waals surface area contributed by atoms with Crippen molar-refractivity contribution in [2.45, 2.75) is 70.4 Å². The molecular formula is C31H39FN4O5. The number of likely N-dealkylation sites (tertiary alicyclic amines) is 1. The van der Waals surface area contributed by atoms with Gasteiger partial charge in [0.05, 0.1) is 19.4 Å². The number of carboxylic acid groups (broad SMARTS) is 1. The molecule has 0 aliphatic carbocycles. The molecular weight excluding hydrogens is 527 g/mol. The van der Waals surface area contributed by atoms with E-state index >= 15 is 0 Å². The van der Waals surface area contributed by atoms with Crippen LogP contribution in [0.5, 0.6) is 5.75 Å². The number of unbranched alkanes of at least 4 members (excludes halogenated alkanes) is 2. The van der Waals surface area contributed by atoms with Gasteiger partial charge in [-0.2, -0.15) is 0 Å². The Balaban J connectivity index is 1.12. The number of ether oxygens (including phenoxy) is 2. The van der Waals surface area contributed by atoms with Crippen LogP contribution in [0, 0.1) is 12.7 Å². The number of nitrogens with zero attached hydrogens (tertiary/aromatic N) is 3. The number of carboxylic acids is 1. The summed E-state index contributed by atoms with van der Waals surface area (Å²) in [6.45, 7) is 4.79. The van der Waals surface area contributed by atoms with Gasteiger partial charge in [-0.1, -0.05) is 6.42 Å². The normalized spacial score (nSPS) is 17.7. The molecule has 2 aliphatic heterocycles. The van der Waals surface area contributed by atoms with Gasteiger partial charge in [0.15, 0.2) is 18.0 Å². The van der Waals surface area contributed by atoms with E-state index in [1.807, 2.05) is 4.90 Å². The summed E-state index contributed by atoms with van der Waals surface area (Å²) in [6.07, 6.45) is 10.0. The second kappa shape index (κ2) is 13.4. The van der Waals surface area contributed by atoms with E-state index in [4.69, 9.17) is 18.9 Å². The molecule has 0 spiro atoms. The van der Waals surface area contributed by atoms with E-state index in [-0.39, 0.29) is 17.4 Å². The second-order valence-corrected chi connectivity index (χ2v) is 11.0. The molecule has 0 bridgehead atoms. The van der Waals surface area contributed by atoms with Crippen LogP contribution in [0.25, 0.3) is 0 Å². The molecule has 3 aromatic rings. The van der Waals surface area contributed by atoms with Crippen LogP contribution >= 0.6 is 0 Å². The Labute approximate surface area is 240 Å². The van der Waals surface area contributed by atoms with E-state index in [0.29, 0.717) is 37.4 Å². The van der Waals surface area contributed by atoms with Crippen LogP contribution in [-0.4, -0.2) is 65.4 Å². The molecule has 0 radical (unpaired) electrons. The number of hydrogen-bond donors (Lipinski definition) is 2. The van der Waals surface area contributed by atoms with Crippen molar-refractivity contribution in [3.8, 4) is 5.75 Å². The van der Waals surface area contributed by atoms with Gasteiger partial charge in [0.1, 0.15) is 17.6 Å². The van der Waals surface area contributed by atoms with Crippen molar-refractivity contribution >= 4 is 11.8 Å². The Morgan fingerprint density at radius 2 is 2.17 bits per heavy atom. The topological polar surface area (TPSA) is 110 Å². The number of oxazole rings is 1. The number of halogens is 1. The van der Waals surface area contributed by atoms with Gasteiger partial charge in [0.2, 0.25) is 0 Å². The highest BCUT2D eigenvalue weighted by atomic mass is 19.1. The van der Waals surface area contributed by atoms with Crippen LogP contribution in [-0.2, 0) is 28.8 Å². The van der Waals surface area contributed by atoms with E-state index in [1.54, 1.807) is 12.3 Å². The summed E-state index contributed by atoms with van der Waals surface area (Å²) in [5.41, 5.74) is 4.70. The molecule has 2 N–H and O–H groups in total. The van der Waals surface area contributed by atoms with Gasteiger partial charge in [-0.3, -0.25) is 9.69 Å². The minimum atomic E-state index is -1.05. The molecule has 1 saturated heterocycles. The number of fused-ring (bicyclic) bond motifs is 1. The van der Waals surface area contributed by atoms with E-state index in [2.05, 4.69) is 23.3 Å². The summed E-state index contributed by atoms with van der Waals surface area (Å²) < 4.78 is 31.7. The molecule has 1 unspecified atom stereocenters. The highest BCUT2D eigenvalue weighted by Crippen LogP contribution is 2.36. The molecule has 2 aromatic heterocycles. The fraction of sp³-hybridized carbons (Fsp3) is 0.516. The zero-order chi connectivity index (χ0) is 28.8. The number of methoxy groups -OCH3 is 1. The van der Waals surface area contributed by atoms with Gasteiger partial charge in [-0.15, -0.1) is 0 Å². The van der Waals surface area contributed by atoms with Crippen molar-refractivity contribution in [2.75, 3.05) is 38.7 Å². The Morgan fingerprint density at radius 3 is 2.95 bits per heavy atom. The average Bonchev–Trinajstić information content (AvgIpc) is 3.63. The molecule has 1 aromatic carbocycles. The Bertz CT molecular complexity index is 1330. The monoisotopic (exact) mass is 566 g/mol. The summed E-state index contributed by atoms with van der Waals surface area (Å²) >= 11 is 0. The number of nitrogens with one attached hydrogen (secondary N) is 1. The van der Waals surface area contributed by atoms with E-state index < -0.39 is 17.8 Å². The van der Waals surface area contributed by atoms with Gasteiger partial charge >= 0.3 is 5.97 Å². The Hall–Kier alpha value is -3.50. The fourth-order valence-corrected chi connectivity index (χ4v) is 6.00. The number of anilines is 1. The number of aliphatic carboxylic acids is 1. The number of hydrogen-bond acceptors (Lipinski definition) is 8. The number of benzene rings is 1. The van der Waals surface area contributed by atoms with Crippen molar-refractivity contribution in [2.24, 2.45) is 0 Å². The van der Waals surface area contributed by atoms with Crippen LogP contribution in [0.4, 0.5) is 10.2 Å². The van der Waals surface area contributed by atoms with Gasteiger partial charge in [0, 0.05) is 43.9 Å².